The quantitative estimate of drug-likeness (QED) is 0.786. The summed E-state index contributed by atoms with van der Waals surface area (Å²) in [4.78, 5) is 13.9. The van der Waals surface area contributed by atoms with Crippen LogP contribution < -0.4 is 0 Å². The molecule has 1 aliphatic rings. The van der Waals surface area contributed by atoms with Gasteiger partial charge in [0.25, 0.3) is 5.91 Å². The van der Waals surface area contributed by atoms with Crippen LogP contribution in [0.25, 0.3) is 0 Å². The van der Waals surface area contributed by atoms with Gasteiger partial charge in [-0.15, -0.1) is 10.2 Å². The molecule has 0 N–H and O–H groups in total. The van der Waals surface area contributed by atoms with Crippen LogP contribution in [0, 0.1) is 5.82 Å². The Balaban J connectivity index is 1.62. The van der Waals surface area contributed by atoms with Crippen LogP contribution >= 0.6 is 0 Å². The number of aromatic nitrogens is 2. The van der Waals surface area contributed by atoms with Gasteiger partial charge in [0.2, 0.25) is 5.89 Å². The maximum atomic E-state index is 12.9. The highest BCUT2D eigenvalue weighted by Crippen LogP contribution is 2.32. The number of likely N-dealkylation sites (tertiary alicyclic amines) is 1. The standard InChI is InChI=1S/C15H13F4N3O2/c16-11-3-1-10(2-4-11)13(23)22-7-5-9(6-8-22)12-20-21-14(24-12)15(17,18)19/h1-4,9H,5-8H2. The summed E-state index contributed by atoms with van der Waals surface area (Å²) in [6.45, 7) is 0.704. The lowest BCUT2D eigenvalue weighted by molar-refractivity contribution is -0.157. The molecule has 5 nitrogen and oxygen atoms in total. The molecule has 3 rings (SSSR count). The van der Waals surface area contributed by atoms with E-state index in [2.05, 4.69) is 14.6 Å². The van der Waals surface area contributed by atoms with Gasteiger partial charge in [-0.25, -0.2) is 4.39 Å². The average molecular weight is 343 g/mol. The number of carbonyl (C=O) groups excluding carboxylic acids is 1. The van der Waals surface area contributed by atoms with Crippen LogP contribution in [0.2, 0.25) is 0 Å². The first-order valence-electron chi connectivity index (χ1n) is 7.30. The molecular weight excluding hydrogens is 330 g/mol. The van der Waals surface area contributed by atoms with Crippen molar-refractivity contribution in [2.45, 2.75) is 24.9 Å². The molecule has 1 saturated heterocycles. The summed E-state index contributed by atoms with van der Waals surface area (Å²) in [5.74, 6) is -2.40. The third-order valence-electron chi connectivity index (χ3n) is 3.91. The number of amides is 1. The van der Waals surface area contributed by atoms with Crippen molar-refractivity contribution >= 4 is 5.91 Å². The van der Waals surface area contributed by atoms with E-state index in [1.807, 2.05) is 0 Å². The highest BCUT2D eigenvalue weighted by molar-refractivity contribution is 5.94. The maximum Gasteiger partial charge on any atom is 0.470 e. The molecule has 0 saturated carbocycles. The van der Waals surface area contributed by atoms with Crippen LogP contribution in [0.4, 0.5) is 17.6 Å². The van der Waals surface area contributed by atoms with Crippen molar-refractivity contribution in [3.8, 4) is 0 Å². The van der Waals surface area contributed by atoms with Crippen LogP contribution in [0.3, 0.4) is 0 Å². The van der Waals surface area contributed by atoms with Crippen LogP contribution in [-0.4, -0.2) is 34.1 Å². The molecule has 128 valence electrons. The van der Waals surface area contributed by atoms with Gasteiger partial charge >= 0.3 is 12.1 Å². The van der Waals surface area contributed by atoms with E-state index in [4.69, 9.17) is 0 Å². The summed E-state index contributed by atoms with van der Waals surface area (Å²) in [7, 11) is 0. The van der Waals surface area contributed by atoms with Crippen LogP contribution in [-0.2, 0) is 6.18 Å². The Kier molecular flexibility index (Phi) is 4.25. The first-order chi connectivity index (χ1) is 11.3. The molecule has 2 aromatic rings. The van der Waals surface area contributed by atoms with Gasteiger partial charge < -0.3 is 9.32 Å². The Bertz CT molecular complexity index is 719. The Hall–Kier alpha value is -2.45. The topological polar surface area (TPSA) is 59.2 Å². The molecule has 1 aromatic heterocycles. The maximum absolute atomic E-state index is 12.9. The number of rotatable bonds is 2. The van der Waals surface area contributed by atoms with Gasteiger partial charge in [-0.05, 0) is 37.1 Å². The fraction of sp³-hybridized carbons (Fsp3) is 0.400. The molecule has 0 unspecified atom stereocenters. The fourth-order valence-electron chi connectivity index (χ4n) is 2.62. The van der Waals surface area contributed by atoms with Crippen LogP contribution in [0.5, 0.6) is 0 Å². The fourth-order valence-corrected chi connectivity index (χ4v) is 2.62. The number of piperidine rings is 1. The Morgan fingerprint density at radius 3 is 2.29 bits per heavy atom. The van der Waals surface area contributed by atoms with Gasteiger partial charge in [0.05, 0.1) is 0 Å². The lowest BCUT2D eigenvalue weighted by Crippen LogP contribution is -2.38. The second-order valence-corrected chi connectivity index (χ2v) is 5.52. The normalized spacial score (nSPS) is 16.4. The van der Waals surface area contributed by atoms with Crippen molar-refractivity contribution in [2.75, 3.05) is 13.1 Å². The lowest BCUT2D eigenvalue weighted by Gasteiger charge is -2.30. The van der Waals surface area contributed by atoms with E-state index in [1.165, 1.54) is 24.3 Å². The SMILES string of the molecule is O=C(c1ccc(F)cc1)N1CCC(c2nnc(C(F)(F)F)o2)CC1. The molecular formula is C15H13F4N3O2. The number of halogens is 4. The average Bonchev–Trinajstić information content (AvgIpc) is 3.05. The Labute approximate surface area is 134 Å². The minimum atomic E-state index is -4.66. The number of benzene rings is 1. The summed E-state index contributed by atoms with van der Waals surface area (Å²) < 4.78 is 55.0. The molecule has 24 heavy (non-hydrogen) atoms. The van der Waals surface area contributed by atoms with Gasteiger partial charge in [-0.1, -0.05) is 0 Å². The molecule has 1 amide bonds. The molecule has 0 bridgehead atoms. The predicted octanol–water partition coefficient (Wildman–Crippen LogP) is 3.25. The molecule has 1 aliphatic heterocycles. The minimum absolute atomic E-state index is 0.0591. The van der Waals surface area contributed by atoms with Crippen molar-refractivity contribution in [3.05, 3.63) is 47.4 Å². The van der Waals surface area contributed by atoms with Gasteiger partial charge in [-0.3, -0.25) is 4.79 Å². The summed E-state index contributed by atoms with van der Waals surface area (Å²) in [5, 5.41) is 6.48. The molecule has 0 radical (unpaired) electrons. The lowest BCUT2D eigenvalue weighted by atomic mass is 9.96. The van der Waals surface area contributed by atoms with Gasteiger partial charge in [-0.2, -0.15) is 13.2 Å². The third-order valence-corrected chi connectivity index (χ3v) is 3.91. The van der Waals surface area contributed by atoms with E-state index < -0.39 is 17.9 Å². The van der Waals surface area contributed by atoms with Gasteiger partial charge in [0.15, 0.2) is 0 Å². The zero-order valence-corrected chi connectivity index (χ0v) is 12.4. The minimum Gasteiger partial charge on any atom is -0.417 e. The zero-order chi connectivity index (χ0) is 17.3. The van der Waals surface area contributed by atoms with Crippen molar-refractivity contribution in [1.82, 2.24) is 15.1 Å². The predicted molar refractivity (Wildman–Crippen MR) is 73.6 cm³/mol. The van der Waals surface area contributed by atoms with Crippen molar-refractivity contribution in [3.63, 3.8) is 0 Å². The first-order valence-corrected chi connectivity index (χ1v) is 7.30. The van der Waals surface area contributed by atoms with Crippen LogP contribution in [0.1, 0.15) is 40.9 Å². The first kappa shape index (κ1) is 16.4. The number of alkyl halides is 3. The second kappa shape index (κ2) is 6.21. The van der Waals surface area contributed by atoms with Gasteiger partial charge in [0.1, 0.15) is 5.82 Å². The molecule has 1 aromatic carbocycles. The number of hydrogen-bond donors (Lipinski definition) is 0. The van der Waals surface area contributed by atoms with Gasteiger partial charge in [0, 0.05) is 24.6 Å². The van der Waals surface area contributed by atoms with E-state index in [0.29, 0.717) is 31.5 Å². The summed E-state index contributed by atoms with van der Waals surface area (Å²) in [5.41, 5.74) is 0.368. The third kappa shape index (κ3) is 3.39. The molecule has 0 spiro atoms. The van der Waals surface area contributed by atoms with Crippen molar-refractivity contribution in [1.29, 1.82) is 0 Å². The molecule has 2 heterocycles. The van der Waals surface area contributed by atoms with Crippen molar-refractivity contribution in [2.24, 2.45) is 0 Å². The zero-order valence-electron chi connectivity index (χ0n) is 12.4. The smallest absolute Gasteiger partial charge is 0.417 e. The number of nitrogens with zero attached hydrogens (tertiary/aromatic N) is 3. The number of hydrogen-bond acceptors (Lipinski definition) is 4. The monoisotopic (exact) mass is 343 g/mol. The molecule has 1 fully saturated rings. The summed E-state index contributed by atoms with van der Waals surface area (Å²) in [6, 6.07) is 5.21. The summed E-state index contributed by atoms with van der Waals surface area (Å²) >= 11 is 0. The molecule has 0 atom stereocenters. The van der Waals surface area contributed by atoms with E-state index in [1.54, 1.807) is 4.90 Å². The molecule has 9 heteroatoms. The molecule has 0 aliphatic carbocycles. The summed E-state index contributed by atoms with van der Waals surface area (Å²) in [6.07, 6.45) is -3.82. The van der Waals surface area contributed by atoms with Crippen molar-refractivity contribution < 1.29 is 26.8 Å². The number of carbonyl (C=O) groups is 1. The highest BCUT2D eigenvalue weighted by Gasteiger charge is 2.39. The Morgan fingerprint density at radius 2 is 1.75 bits per heavy atom. The second-order valence-electron chi connectivity index (χ2n) is 5.52. The Morgan fingerprint density at radius 1 is 1.12 bits per heavy atom. The van der Waals surface area contributed by atoms with E-state index >= 15 is 0 Å². The largest absolute Gasteiger partial charge is 0.470 e. The van der Waals surface area contributed by atoms with E-state index in [9.17, 15) is 22.4 Å². The van der Waals surface area contributed by atoms with Crippen LogP contribution in [0.15, 0.2) is 28.7 Å². The highest BCUT2D eigenvalue weighted by atomic mass is 19.4. The van der Waals surface area contributed by atoms with E-state index in [0.717, 1.165) is 0 Å². The van der Waals surface area contributed by atoms with E-state index in [-0.39, 0.29) is 17.7 Å².